The summed E-state index contributed by atoms with van der Waals surface area (Å²) in [5.74, 6) is -0.801. The number of carbonyl (C=O) groups excluding carboxylic acids is 2. The molecule has 0 atom stereocenters. The van der Waals surface area contributed by atoms with Crippen molar-refractivity contribution in [2.75, 3.05) is 32.1 Å². The van der Waals surface area contributed by atoms with Crippen molar-refractivity contribution >= 4 is 29.9 Å². The van der Waals surface area contributed by atoms with Crippen molar-refractivity contribution in [3.63, 3.8) is 0 Å². The molecule has 2 aromatic rings. The molecule has 0 fully saturated rings. The monoisotopic (exact) mass is 395 g/mol. The third-order valence-corrected chi connectivity index (χ3v) is 3.58. The lowest BCUT2D eigenvalue weighted by molar-refractivity contribution is -0.120. The van der Waals surface area contributed by atoms with E-state index >= 15 is 0 Å². The molecule has 0 aliphatic rings. The number of halogens is 2. The SMILES string of the molecule is COCCNCC(=O)NCc1ccc(NC(=O)c2ccc(F)cc2)cc1.Cl. The second kappa shape index (κ2) is 12.0. The van der Waals surface area contributed by atoms with Gasteiger partial charge in [0.25, 0.3) is 5.91 Å². The van der Waals surface area contributed by atoms with E-state index in [2.05, 4.69) is 16.0 Å². The molecule has 146 valence electrons. The number of rotatable bonds is 9. The van der Waals surface area contributed by atoms with Crippen molar-refractivity contribution in [3.8, 4) is 0 Å². The van der Waals surface area contributed by atoms with Gasteiger partial charge in [0.15, 0.2) is 0 Å². The fourth-order valence-electron chi connectivity index (χ4n) is 2.15. The Morgan fingerprint density at radius 1 is 1.04 bits per heavy atom. The van der Waals surface area contributed by atoms with Gasteiger partial charge in [-0.1, -0.05) is 12.1 Å². The minimum absolute atomic E-state index is 0. The van der Waals surface area contributed by atoms with Crippen LogP contribution < -0.4 is 16.0 Å². The Hall–Kier alpha value is -2.48. The third-order valence-electron chi connectivity index (χ3n) is 3.58. The number of hydrogen-bond donors (Lipinski definition) is 3. The molecule has 27 heavy (non-hydrogen) atoms. The molecule has 3 N–H and O–H groups in total. The highest BCUT2D eigenvalue weighted by atomic mass is 35.5. The third kappa shape index (κ3) is 8.17. The van der Waals surface area contributed by atoms with Gasteiger partial charge >= 0.3 is 0 Å². The second-order valence-corrected chi connectivity index (χ2v) is 5.60. The molecule has 0 saturated carbocycles. The number of amides is 2. The molecule has 0 aromatic heterocycles. The minimum Gasteiger partial charge on any atom is -0.383 e. The molecule has 0 bridgehead atoms. The van der Waals surface area contributed by atoms with Crippen molar-refractivity contribution < 1.29 is 18.7 Å². The van der Waals surface area contributed by atoms with Gasteiger partial charge < -0.3 is 20.7 Å². The van der Waals surface area contributed by atoms with Gasteiger partial charge in [-0.05, 0) is 42.0 Å². The van der Waals surface area contributed by atoms with Crippen LogP contribution in [0.5, 0.6) is 0 Å². The molecule has 6 nitrogen and oxygen atoms in total. The quantitative estimate of drug-likeness (QED) is 0.569. The lowest BCUT2D eigenvalue weighted by atomic mass is 10.1. The van der Waals surface area contributed by atoms with Crippen molar-refractivity contribution in [3.05, 3.63) is 65.5 Å². The Morgan fingerprint density at radius 3 is 2.33 bits per heavy atom. The number of benzene rings is 2. The van der Waals surface area contributed by atoms with Crippen LogP contribution >= 0.6 is 12.4 Å². The van der Waals surface area contributed by atoms with Crippen LogP contribution in [-0.2, 0) is 16.1 Å². The maximum Gasteiger partial charge on any atom is 0.255 e. The standard InChI is InChI=1S/C19H22FN3O3.ClH/c1-26-11-10-21-13-18(24)22-12-14-2-8-17(9-3-14)23-19(25)15-4-6-16(20)7-5-15;/h2-9,21H,10-13H2,1H3,(H,22,24)(H,23,25);1H. The van der Waals surface area contributed by atoms with E-state index in [1.807, 2.05) is 12.1 Å². The summed E-state index contributed by atoms with van der Waals surface area (Å²) in [6.07, 6.45) is 0. The fourth-order valence-corrected chi connectivity index (χ4v) is 2.15. The Bertz CT molecular complexity index is 724. The van der Waals surface area contributed by atoms with Crippen LogP contribution in [0, 0.1) is 5.82 Å². The highest BCUT2D eigenvalue weighted by Crippen LogP contribution is 2.12. The van der Waals surface area contributed by atoms with Crippen LogP contribution in [0.3, 0.4) is 0 Å². The summed E-state index contributed by atoms with van der Waals surface area (Å²) in [4.78, 5) is 23.7. The number of ether oxygens (including phenoxy) is 1. The van der Waals surface area contributed by atoms with Crippen molar-refractivity contribution in [1.29, 1.82) is 0 Å². The summed E-state index contributed by atoms with van der Waals surface area (Å²) in [5, 5.41) is 8.51. The summed E-state index contributed by atoms with van der Waals surface area (Å²) in [5.41, 5.74) is 1.91. The van der Waals surface area contributed by atoms with E-state index < -0.39 is 0 Å². The first-order valence-electron chi connectivity index (χ1n) is 8.20. The lowest BCUT2D eigenvalue weighted by Gasteiger charge is -2.08. The van der Waals surface area contributed by atoms with E-state index in [1.165, 1.54) is 24.3 Å². The van der Waals surface area contributed by atoms with Gasteiger partial charge in [-0.15, -0.1) is 12.4 Å². The van der Waals surface area contributed by atoms with Gasteiger partial charge in [0.2, 0.25) is 5.91 Å². The molecule has 0 heterocycles. The first-order chi connectivity index (χ1) is 12.6. The normalized spacial score (nSPS) is 10.0. The minimum atomic E-state index is -0.387. The Balaban J connectivity index is 0.00000364. The predicted octanol–water partition coefficient (Wildman–Crippen LogP) is 2.35. The van der Waals surface area contributed by atoms with Crippen LogP contribution in [0.2, 0.25) is 0 Å². The summed E-state index contributed by atoms with van der Waals surface area (Å²) in [6.45, 7) is 1.80. The number of nitrogens with one attached hydrogen (secondary N) is 3. The van der Waals surface area contributed by atoms with E-state index in [0.29, 0.717) is 30.9 Å². The molecule has 2 rings (SSSR count). The Morgan fingerprint density at radius 2 is 1.70 bits per heavy atom. The summed E-state index contributed by atoms with van der Waals surface area (Å²) in [6, 6.07) is 12.5. The zero-order valence-electron chi connectivity index (χ0n) is 15.0. The average molecular weight is 396 g/mol. The van der Waals surface area contributed by atoms with Crippen molar-refractivity contribution in [2.24, 2.45) is 0 Å². The maximum absolute atomic E-state index is 12.9. The first kappa shape index (κ1) is 22.6. The maximum atomic E-state index is 12.9. The average Bonchev–Trinajstić information content (AvgIpc) is 2.65. The first-order valence-corrected chi connectivity index (χ1v) is 8.20. The topological polar surface area (TPSA) is 79.5 Å². The van der Waals surface area contributed by atoms with Crippen LogP contribution in [0.1, 0.15) is 15.9 Å². The smallest absolute Gasteiger partial charge is 0.255 e. The van der Waals surface area contributed by atoms with E-state index in [-0.39, 0.29) is 36.6 Å². The highest BCUT2D eigenvalue weighted by molar-refractivity contribution is 6.04. The predicted molar refractivity (Wildman–Crippen MR) is 105 cm³/mol. The van der Waals surface area contributed by atoms with Crippen LogP contribution in [0.15, 0.2) is 48.5 Å². The van der Waals surface area contributed by atoms with Crippen LogP contribution in [0.4, 0.5) is 10.1 Å². The number of anilines is 1. The summed E-state index contributed by atoms with van der Waals surface area (Å²) >= 11 is 0. The Labute approximate surface area is 163 Å². The van der Waals surface area contributed by atoms with Gasteiger partial charge in [-0.2, -0.15) is 0 Å². The molecule has 2 amide bonds. The number of carbonyl (C=O) groups is 2. The summed E-state index contributed by atoms with van der Waals surface area (Å²) in [7, 11) is 1.60. The van der Waals surface area contributed by atoms with E-state index in [0.717, 1.165) is 5.56 Å². The van der Waals surface area contributed by atoms with E-state index in [4.69, 9.17) is 4.74 Å². The molecule has 0 saturated heterocycles. The zero-order chi connectivity index (χ0) is 18.8. The van der Waals surface area contributed by atoms with Gasteiger partial charge in [0.05, 0.1) is 13.2 Å². The molecule has 0 aliphatic heterocycles. The highest BCUT2D eigenvalue weighted by Gasteiger charge is 2.06. The molecular formula is C19H23ClFN3O3. The zero-order valence-corrected chi connectivity index (χ0v) is 15.8. The number of hydrogen-bond acceptors (Lipinski definition) is 4. The van der Waals surface area contributed by atoms with Crippen molar-refractivity contribution in [1.82, 2.24) is 10.6 Å². The van der Waals surface area contributed by atoms with Crippen LogP contribution in [-0.4, -0.2) is 38.6 Å². The lowest BCUT2D eigenvalue weighted by Crippen LogP contribution is -2.34. The molecule has 0 aliphatic carbocycles. The molecule has 2 aromatic carbocycles. The van der Waals surface area contributed by atoms with Gasteiger partial charge in [0, 0.05) is 31.5 Å². The van der Waals surface area contributed by atoms with E-state index in [9.17, 15) is 14.0 Å². The van der Waals surface area contributed by atoms with Gasteiger partial charge in [0.1, 0.15) is 5.82 Å². The van der Waals surface area contributed by atoms with Crippen molar-refractivity contribution in [2.45, 2.75) is 6.54 Å². The van der Waals surface area contributed by atoms with Gasteiger partial charge in [-0.25, -0.2) is 4.39 Å². The second-order valence-electron chi connectivity index (χ2n) is 5.60. The fraction of sp³-hybridized carbons (Fsp3) is 0.263. The summed E-state index contributed by atoms with van der Waals surface area (Å²) < 4.78 is 17.8. The molecule has 0 spiro atoms. The van der Waals surface area contributed by atoms with Crippen LogP contribution in [0.25, 0.3) is 0 Å². The largest absolute Gasteiger partial charge is 0.383 e. The number of methoxy groups -OCH3 is 1. The van der Waals surface area contributed by atoms with Gasteiger partial charge in [-0.3, -0.25) is 9.59 Å². The molecule has 0 radical (unpaired) electrons. The molecular weight excluding hydrogens is 373 g/mol. The Kier molecular flexibility index (Phi) is 10.0. The molecule has 0 unspecified atom stereocenters. The van der Waals surface area contributed by atoms with E-state index in [1.54, 1.807) is 19.2 Å². The molecule has 8 heteroatoms.